The van der Waals surface area contributed by atoms with Gasteiger partial charge < -0.3 is 11.1 Å². The number of hydrogen-bond donors (Lipinski definition) is 2. The van der Waals surface area contributed by atoms with Crippen LogP contribution in [0.5, 0.6) is 0 Å². The van der Waals surface area contributed by atoms with Crippen molar-refractivity contribution in [2.75, 3.05) is 5.32 Å². The molecule has 3 nitrogen and oxygen atoms in total. The molecule has 0 spiro atoms. The van der Waals surface area contributed by atoms with Gasteiger partial charge in [0.2, 0.25) is 0 Å². The Balaban J connectivity index is 1.75. The predicted molar refractivity (Wildman–Crippen MR) is 76.2 cm³/mol. The summed E-state index contributed by atoms with van der Waals surface area (Å²) in [4.78, 5) is 12.0. The molecule has 2 atom stereocenters. The summed E-state index contributed by atoms with van der Waals surface area (Å²) in [5.74, 6) is 0.367. The second kappa shape index (κ2) is 4.86. The molecular weight excluding hydrogens is 236 g/mol. The van der Waals surface area contributed by atoms with Crippen LogP contribution >= 0.6 is 0 Å². The molecule has 0 bridgehead atoms. The predicted octanol–water partition coefficient (Wildman–Crippen LogP) is 2.75. The minimum atomic E-state index is -0.0853. The smallest absolute Gasteiger partial charge is 0.255 e. The number of rotatable bonds is 3. The molecule has 3 N–H and O–H groups in total. The van der Waals surface area contributed by atoms with Gasteiger partial charge in [0.25, 0.3) is 5.91 Å². The first-order chi connectivity index (χ1) is 9.24. The third kappa shape index (κ3) is 2.66. The maximum absolute atomic E-state index is 12.0. The van der Waals surface area contributed by atoms with E-state index in [-0.39, 0.29) is 11.9 Å². The third-order valence-electron chi connectivity index (χ3n) is 3.45. The molecule has 2 aromatic carbocycles. The Morgan fingerprint density at radius 3 is 2.53 bits per heavy atom. The normalized spacial score (nSPS) is 20.9. The standard InChI is InChI=1S/C16H16N2O/c17-15-10-14(15)12-7-4-8-13(9-12)18-16(19)11-5-2-1-3-6-11/h1-9,14-15H,10,17H2,(H,18,19)/t14-,15+/m0/s1. The van der Waals surface area contributed by atoms with E-state index in [2.05, 4.69) is 11.4 Å². The van der Waals surface area contributed by atoms with Crippen LogP contribution in [0, 0.1) is 0 Å². The van der Waals surface area contributed by atoms with Gasteiger partial charge >= 0.3 is 0 Å². The fourth-order valence-electron chi connectivity index (χ4n) is 2.24. The highest BCUT2D eigenvalue weighted by molar-refractivity contribution is 6.04. The second-order valence-corrected chi connectivity index (χ2v) is 4.95. The van der Waals surface area contributed by atoms with Gasteiger partial charge in [-0.1, -0.05) is 30.3 Å². The first-order valence-electron chi connectivity index (χ1n) is 6.46. The lowest BCUT2D eigenvalue weighted by atomic mass is 10.1. The lowest BCUT2D eigenvalue weighted by molar-refractivity contribution is 0.102. The summed E-state index contributed by atoms with van der Waals surface area (Å²) in [6, 6.07) is 17.4. The Morgan fingerprint density at radius 1 is 1.11 bits per heavy atom. The summed E-state index contributed by atoms with van der Waals surface area (Å²) in [5.41, 5.74) is 8.55. The van der Waals surface area contributed by atoms with Gasteiger partial charge in [-0.05, 0) is 36.2 Å². The molecule has 2 aromatic rings. The molecule has 1 saturated carbocycles. The lowest BCUT2D eigenvalue weighted by Gasteiger charge is -2.07. The zero-order chi connectivity index (χ0) is 13.2. The number of nitrogens with one attached hydrogen (secondary N) is 1. The molecular formula is C16H16N2O. The summed E-state index contributed by atoms with van der Waals surface area (Å²) in [5, 5.41) is 2.92. The van der Waals surface area contributed by atoms with Gasteiger partial charge in [0, 0.05) is 23.2 Å². The van der Waals surface area contributed by atoms with Gasteiger partial charge in [-0.2, -0.15) is 0 Å². The molecule has 0 radical (unpaired) electrons. The van der Waals surface area contributed by atoms with Gasteiger partial charge in [-0.15, -0.1) is 0 Å². The van der Waals surface area contributed by atoms with E-state index in [1.165, 1.54) is 5.56 Å². The minimum Gasteiger partial charge on any atom is -0.327 e. The molecule has 0 aromatic heterocycles. The van der Waals surface area contributed by atoms with Crippen LogP contribution in [0.3, 0.4) is 0 Å². The van der Waals surface area contributed by atoms with Gasteiger partial charge in [-0.25, -0.2) is 0 Å². The van der Waals surface area contributed by atoms with Crippen molar-refractivity contribution in [2.24, 2.45) is 5.73 Å². The fourth-order valence-corrected chi connectivity index (χ4v) is 2.24. The van der Waals surface area contributed by atoms with Crippen LogP contribution in [0.1, 0.15) is 28.3 Å². The quantitative estimate of drug-likeness (QED) is 0.882. The number of carbonyl (C=O) groups excluding carboxylic acids is 1. The van der Waals surface area contributed by atoms with Crippen LogP contribution in [0.4, 0.5) is 5.69 Å². The van der Waals surface area contributed by atoms with E-state index in [4.69, 9.17) is 5.73 Å². The molecule has 96 valence electrons. The number of hydrogen-bond acceptors (Lipinski definition) is 2. The number of nitrogens with two attached hydrogens (primary N) is 1. The average Bonchev–Trinajstić information content (AvgIpc) is 3.17. The van der Waals surface area contributed by atoms with Crippen molar-refractivity contribution in [1.82, 2.24) is 0 Å². The Bertz CT molecular complexity index is 595. The van der Waals surface area contributed by atoms with Gasteiger partial charge in [-0.3, -0.25) is 4.79 Å². The number of carbonyl (C=O) groups is 1. The van der Waals surface area contributed by atoms with Crippen molar-refractivity contribution in [3.63, 3.8) is 0 Å². The molecule has 1 aliphatic carbocycles. The number of benzene rings is 2. The van der Waals surface area contributed by atoms with Crippen molar-refractivity contribution in [1.29, 1.82) is 0 Å². The lowest BCUT2D eigenvalue weighted by Crippen LogP contribution is -2.11. The van der Waals surface area contributed by atoms with E-state index in [0.717, 1.165) is 12.1 Å². The molecule has 0 heterocycles. The zero-order valence-electron chi connectivity index (χ0n) is 10.5. The number of amides is 1. The largest absolute Gasteiger partial charge is 0.327 e. The third-order valence-corrected chi connectivity index (χ3v) is 3.45. The minimum absolute atomic E-state index is 0.0853. The maximum Gasteiger partial charge on any atom is 0.255 e. The zero-order valence-corrected chi connectivity index (χ0v) is 10.5. The van der Waals surface area contributed by atoms with E-state index >= 15 is 0 Å². The SMILES string of the molecule is N[C@@H]1C[C@H]1c1cccc(NC(=O)c2ccccc2)c1. The maximum atomic E-state index is 12.0. The molecule has 0 unspecified atom stereocenters. The van der Waals surface area contributed by atoms with Crippen LogP contribution in [-0.4, -0.2) is 11.9 Å². The van der Waals surface area contributed by atoms with Crippen molar-refractivity contribution >= 4 is 11.6 Å². The Kier molecular flexibility index (Phi) is 3.05. The summed E-state index contributed by atoms with van der Waals surface area (Å²) < 4.78 is 0. The highest BCUT2D eigenvalue weighted by Crippen LogP contribution is 2.39. The van der Waals surface area contributed by atoms with Gasteiger partial charge in [0.05, 0.1) is 0 Å². The molecule has 1 fully saturated rings. The molecule has 1 amide bonds. The Morgan fingerprint density at radius 2 is 1.84 bits per heavy atom. The van der Waals surface area contributed by atoms with E-state index in [1.807, 2.05) is 36.4 Å². The van der Waals surface area contributed by atoms with Crippen molar-refractivity contribution < 1.29 is 4.79 Å². The second-order valence-electron chi connectivity index (χ2n) is 4.95. The number of anilines is 1. The monoisotopic (exact) mass is 252 g/mol. The van der Waals surface area contributed by atoms with Crippen molar-refractivity contribution in [2.45, 2.75) is 18.4 Å². The molecule has 1 aliphatic rings. The van der Waals surface area contributed by atoms with Crippen LogP contribution in [0.2, 0.25) is 0 Å². The Hall–Kier alpha value is -2.13. The molecule has 0 aliphatic heterocycles. The summed E-state index contributed by atoms with van der Waals surface area (Å²) >= 11 is 0. The van der Waals surface area contributed by atoms with Crippen molar-refractivity contribution in [3.05, 3.63) is 65.7 Å². The van der Waals surface area contributed by atoms with E-state index in [0.29, 0.717) is 11.5 Å². The average molecular weight is 252 g/mol. The van der Waals surface area contributed by atoms with Crippen LogP contribution < -0.4 is 11.1 Å². The van der Waals surface area contributed by atoms with Crippen LogP contribution in [-0.2, 0) is 0 Å². The Labute approximate surface area is 112 Å². The summed E-state index contributed by atoms with van der Waals surface area (Å²) in [6.07, 6.45) is 1.04. The molecule has 3 rings (SSSR count). The van der Waals surface area contributed by atoms with Gasteiger partial charge in [0.1, 0.15) is 0 Å². The summed E-state index contributed by atoms with van der Waals surface area (Å²) in [7, 11) is 0. The van der Waals surface area contributed by atoms with E-state index < -0.39 is 0 Å². The first kappa shape index (κ1) is 11.9. The van der Waals surface area contributed by atoms with Gasteiger partial charge in [0.15, 0.2) is 0 Å². The van der Waals surface area contributed by atoms with Crippen LogP contribution in [0.25, 0.3) is 0 Å². The first-order valence-corrected chi connectivity index (χ1v) is 6.46. The topological polar surface area (TPSA) is 55.1 Å². The van der Waals surface area contributed by atoms with Crippen molar-refractivity contribution in [3.8, 4) is 0 Å². The highest BCUT2D eigenvalue weighted by atomic mass is 16.1. The molecule has 3 heteroatoms. The van der Waals surface area contributed by atoms with E-state index in [1.54, 1.807) is 12.1 Å². The summed E-state index contributed by atoms with van der Waals surface area (Å²) in [6.45, 7) is 0. The molecule has 19 heavy (non-hydrogen) atoms. The fraction of sp³-hybridized carbons (Fsp3) is 0.188. The highest BCUT2D eigenvalue weighted by Gasteiger charge is 2.34. The van der Waals surface area contributed by atoms with E-state index in [9.17, 15) is 4.79 Å². The molecule has 0 saturated heterocycles. The van der Waals surface area contributed by atoms with Crippen LogP contribution in [0.15, 0.2) is 54.6 Å².